The van der Waals surface area contributed by atoms with Crippen LogP contribution in [0.4, 0.5) is 9.93 Å². The summed E-state index contributed by atoms with van der Waals surface area (Å²) in [5.41, 5.74) is 0.467. The molecule has 0 radical (unpaired) electrons. The molecular weight excluding hydrogens is 370 g/mol. The van der Waals surface area contributed by atoms with Crippen molar-refractivity contribution in [2.75, 3.05) is 23.4 Å². The van der Waals surface area contributed by atoms with Crippen LogP contribution in [0.25, 0.3) is 0 Å². The van der Waals surface area contributed by atoms with Crippen molar-refractivity contribution in [3.05, 3.63) is 10.6 Å². The van der Waals surface area contributed by atoms with E-state index >= 15 is 0 Å². The number of thiazole rings is 1. The highest BCUT2D eigenvalue weighted by molar-refractivity contribution is 7.99. The number of hydrogen-bond acceptors (Lipinski definition) is 6. The number of ether oxygens (including phenoxy) is 1. The van der Waals surface area contributed by atoms with E-state index in [0.29, 0.717) is 36.3 Å². The maximum absolute atomic E-state index is 12.2. The van der Waals surface area contributed by atoms with Gasteiger partial charge in [-0.15, -0.1) is 0 Å². The molecule has 0 atom stereocenters. The van der Waals surface area contributed by atoms with Crippen LogP contribution in [0.2, 0.25) is 0 Å². The van der Waals surface area contributed by atoms with Gasteiger partial charge in [-0.25, -0.2) is 9.78 Å². The quantitative estimate of drug-likeness (QED) is 0.728. The number of fused-ring (bicyclic) bond motifs is 1. The van der Waals surface area contributed by atoms with Gasteiger partial charge in [-0.3, -0.25) is 4.79 Å². The van der Waals surface area contributed by atoms with Crippen molar-refractivity contribution in [2.24, 2.45) is 5.92 Å². The number of nitrogens with zero attached hydrogens (tertiary/aromatic N) is 2. The van der Waals surface area contributed by atoms with E-state index in [1.54, 1.807) is 16.7 Å². The predicted octanol–water partition coefficient (Wildman–Crippen LogP) is 4.15. The lowest BCUT2D eigenvalue weighted by Crippen LogP contribution is -2.39. The predicted molar refractivity (Wildman–Crippen MR) is 108 cm³/mol. The normalized spacial score (nSPS) is 14.3. The minimum atomic E-state index is -0.503. The van der Waals surface area contributed by atoms with E-state index in [0.717, 1.165) is 22.7 Å². The summed E-state index contributed by atoms with van der Waals surface area (Å²) in [5, 5.41) is 3.50. The molecule has 2 heterocycles. The molecular formula is C18H29N3O3S2. The van der Waals surface area contributed by atoms with Gasteiger partial charge in [0.25, 0.3) is 0 Å². The highest BCUT2D eigenvalue weighted by Crippen LogP contribution is 2.29. The van der Waals surface area contributed by atoms with Crippen LogP contribution in [-0.2, 0) is 22.5 Å². The Morgan fingerprint density at radius 2 is 2.12 bits per heavy atom. The molecule has 1 aromatic heterocycles. The largest absolute Gasteiger partial charge is 0.444 e. The van der Waals surface area contributed by atoms with Crippen LogP contribution in [0, 0.1) is 5.92 Å². The molecule has 0 aliphatic carbocycles. The first kappa shape index (κ1) is 21.0. The number of thioether (sulfide) groups is 1. The summed E-state index contributed by atoms with van der Waals surface area (Å²) < 4.78 is 5.43. The average molecular weight is 400 g/mol. The van der Waals surface area contributed by atoms with E-state index < -0.39 is 5.60 Å². The molecule has 0 saturated heterocycles. The second kappa shape index (κ2) is 9.08. The third-order valence-corrected chi connectivity index (χ3v) is 5.69. The van der Waals surface area contributed by atoms with E-state index in [1.165, 1.54) is 11.3 Å². The van der Waals surface area contributed by atoms with Gasteiger partial charge in [0.05, 0.1) is 18.0 Å². The van der Waals surface area contributed by atoms with Gasteiger partial charge in [-0.1, -0.05) is 25.2 Å². The molecule has 8 heteroatoms. The summed E-state index contributed by atoms with van der Waals surface area (Å²) in [6.07, 6.45) is 1.50. The van der Waals surface area contributed by atoms with E-state index in [-0.39, 0.29) is 12.0 Å². The molecule has 0 bridgehead atoms. The smallest absolute Gasteiger partial charge is 0.410 e. The Bertz CT molecular complexity index is 638. The number of amides is 2. The monoisotopic (exact) mass is 399 g/mol. The lowest BCUT2D eigenvalue weighted by molar-refractivity contribution is -0.113. The van der Waals surface area contributed by atoms with Crippen LogP contribution in [0.15, 0.2) is 0 Å². The summed E-state index contributed by atoms with van der Waals surface area (Å²) in [6, 6.07) is 0. The fraction of sp³-hybridized carbons (Fsp3) is 0.722. The topological polar surface area (TPSA) is 71.5 Å². The zero-order valence-electron chi connectivity index (χ0n) is 16.3. The fourth-order valence-corrected chi connectivity index (χ4v) is 4.45. The lowest BCUT2D eigenvalue weighted by Gasteiger charge is -2.29. The van der Waals surface area contributed by atoms with Crippen molar-refractivity contribution in [3.63, 3.8) is 0 Å². The van der Waals surface area contributed by atoms with Crippen LogP contribution in [0.1, 0.15) is 51.6 Å². The Balaban J connectivity index is 1.85. The number of hydrogen-bond donors (Lipinski definition) is 1. The second-order valence-corrected chi connectivity index (χ2v) is 10.0. The van der Waals surface area contributed by atoms with Gasteiger partial charge in [0, 0.05) is 17.8 Å². The zero-order valence-corrected chi connectivity index (χ0v) is 17.9. The first-order chi connectivity index (χ1) is 12.1. The van der Waals surface area contributed by atoms with Gasteiger partial charge < -0.3 is 15.0 Å². The highest BCUT2D eigenvalue weighted by Gasteiger charge is 2.28. The lowest BCUT2D eigenvalue weighted by atomic mass is 10.2. The molecule has 2 amide bonds. The van der Waals surface area contributed by atoms with E-state index in [1.807, 2.05) is 20.8 Å². The van der Waals surface area contributed by atoms with Crippen molar-refractivity contribution in [3.8, 4) is 0 Å². The zero-order chi connectivity index (χ0) is 19.3. The van der Waals surface area contributed by atoms with Gasteiger partial charge in [-0.2, -0.15) is 11.8 Å². The molecule has 0 fully saturated rings. The van der Waals surface area contributed by atoms with Crippen LogP contribution < -0.4 is 5.32 Å². The number of aromatic nitrogens is 1. The maximum Gasteiger partial charge on any atom is 0.410 e. The van der Waals surface area contributed by atoms with Crippen LogP contribution in [0.3, 0.4) is 0 Å². The molecule has 0 saturated carbocycles. The Morgan fingerprint density at radius 1 is 1.38 bits per heavy atom. The molecule has 0 unspecified atom stereocenters. The van der Waals surface area contributed by atoms with Crippen LogP contribution >= 0.6 is 23.1 Å². The Kier molecular flexibility index (Phi) is 7.34. The molecule has 6 nitrogen and oxygen atoms in total. The van der Waals surface area contributed by atoms with Gasteiger partial charge in [-0.05, 0) is 38.9 Å². The molecule has 1 aliphatic rings. The number of nitrogens with one attached hydrogen (secondary N) is 1. The molecule has 0 spiro atoms. The second-order valence-electron chi connectivity index (χ2n) is 7.82. The van der Waals surface area contributed by atoms with E-state index in [2.05, 4.69) is 24.1 Å². The van der Waals surface area contributed by atoms with Crippen molar-refractivity contribution in [2.45, 2.75) is 59.6 Å². The molecule has 2 rings (SSSR count). The first-order valence-electron chi connectivity index (χ1n) is 8.98. The molecule has 1 aliphatic heterocycles. The minimum Gasteiger partial charge on any atom is -0.444 e. The average Bonchev–Trinajstić information content (AvgIpc) is 2.90. The van der Waals surface area contributed by atoms with Crippen molar-refractivity contribution in [1.82, 2.24) is 9.88 Å². The summed E-state index contributed by atoms with van der Waals surface area (Å²) >= 11 is 3.09. The van der Waals surface area contributed by atoms with Crippen LogP contribution in [0.5, 0.6) is 0 Å². The standard InChI is InChI=1S/C18H29N3O3S2/c1-12(2)7-9-25-11-15(22)20-16-19-13-6-8-21(10-14(13)26-16)17(23)24-18(3,4)5/h12H,6-11H2,1-5H3,(H,19,20,22). The number of carbonyl (C=O) groups excluding carboxylic acids is 2. The summed E-state index contributed by atoms with van der Waals surface area (Å²) in [7, 11) is 0. The maximum atomic E-state index is 12.2. The highest BCUT2D eigenvalue weighted by atomic mass is 32.2. The number of rotatable bonds is 6. The summed E-state index contributed by atoms with van der Waals surface area (Å²) in [4.78, 5) is 31.5. The van der Waals surface area contributed by atoms with Crippen LogP contribution in [-0.4, -0.2) is 45.5 Å². The minimum absolute atomic E-state index is 0.0196. The van der Waals surface area contributed by atoms with Gasteiger partial charge >= 0.3 is 6.09 Å². The first-order valence-corrected chi connectivity index (χ1v) is 11.0. The van der Waals surface area contributed by atoms with E-state index in [9.17, 15) is 9.59 Å². The van der Waals surface area contributed by atoms with Crippen molar-refractivity contribution < 1.29 is 14.3 Å². The fourth-order valence-electron chi connectivity index (χ4n) is 2.37. The molecule has 0 aromatic carbocycles. The molecule has 1 aromatic rings. The van der Waals surface area contributed by atoms with Gasteiger partial charge in [0.1, 0.15) is 5.60 Å². The molecule has 26 heavy (non-hydrogen) atoms. The van der Waals surface area contributed by atoms with E-state index in [4.69, 9.17) is 4.74 Å². The van der Waals surface area contributed by atoms with Crippen molar-refractivity contribution in [1.29, 1.82) is 0 Å². The molecule has 146 valence electrons. The third kappa shape index (κ3) is 6.79. The third-order valence-electron chi connectivity index (χ3n) is 3.70. The Hall–Kier alpha value is -1.28. The Morgan fingerprint density at radius 3 is 2.77 bits per heavy atom. The Labute approximate surface area is 164 Å². The van der Waals surface area contributed by atoms with Gasteiger partial charge in [0.15, 0.2) is 5.13 Å². The molecule has 1 N–H and O–H groups in total. The summed E-state index contributed by atoms with van der Waals surface area (Å²) in [5.74, 6) is 2.07. The summed E-state index contributed by atoms with van der Waals surface area (Å²) in [6.45, 7) is 11.0. The van der Waals surface area contributed by atoms with Gasteiger partial charge in [0.2, 0.25) is 5.91 Å². The SMILES string of the molecule is CC(C)CCSCC(=O)Nc1nc2c(s1)CN(C(=O)OC(C)(C)C)CC2. The number of carbonyl (C=O) groups is 2. The number of anilines is 1. The van der Waals surface area contributed by atoms with Crippen molar-refractivity contribution >= 4 is 40.2 Å².